The van der Waals surface area contributed by atoms with Crippen LogP contribution in [0.2, 0.25) is 16.6 Å². The van der Waals surface area contributed by atoms with Crippen LogP contribution in [0.25, 0.3) is 32.9 Å². The van der Waals surface area contributed by atoms with Crippen molar-refractivity contribution < 1.29 is 45.9 Å². The number of aromatic nitrogens is 3. The maximum atomic E-state index is 17.9. The van der Waals surface area contributed by atoms with Crippen LogP contribution in [0.15, 0.2) is 29.4 Å². The maximum absolute atomic E-state index is 17.9. The fourth-order valence-corrected chi connectivity index (χ4v) is 15.2. The molecule has 0 radical (unpaired) electrons. The van der Waals surface area contributed by atoms with Gasteiger partial charge in [0.25, 0.3) is 0 Å². The third-order valence-corrected chi connectivity index (χ3v) is 19.0. The average Bonchev–Trinajstić information content (AvgIpc) is 3.44. The van der Waals surface area contributed by atoms with Gasteiger partial charge in [0.2, 0.25) is 5.88 Å². The van der Waals surface area contributed by atoms with Gasteiger partial charge in [-0.25, -0.2) is 18.6 Å². The van der Waals surface area contributed by atoms with Gasteiger partial charge in [-0.3, -0.25) is 4.90 Å². The number of hydrogen-bond acceptors (Lipinski definition) is 11. The van der Waals surface area contributed by atoms with Crippen LogP contribution in [-0.2, 0) is 25.4 Å². The number of fused-ring (bicyclic) bond motifs is 4. The molecule has 6 rings (SSSR count). The quantitative estimate of drug-likeness (QED) is 0.0444. The summed E-state index contributed by atoms with van der Waals surface area (Å²) in [7, 11) is -2.34. The summed E-state index contributed by atoms with van der Waals surface area (Å²) in [4.78, 5) is 31.1. The van der Waals surface area contributed by atoms with Crippen LogP contribution in [0.3, 0.4) is 0 Å². The molecule has 1 amide bonds. The first-order chi connectivity index (χ1) is 29.9. The molecule has 2 saturated heterocycles. The number of ether oxygens (including phenoxy) is 5. The number of amides is 1. The molecule has 2 fully saturated rings. The predicted octanol–water partition coefficient (Wildman–Crippen LogP) is 9.03. The van der Waals surface area contributed by atoms with Gasteiger partial charge in [-0.1, -0.05) is 53.5 Å². The number of carbonyl (C=O) groups is 1. The molecule has 61 heavy (non-hydrogen) atoms. The van der Waals surface area contributed by atoms with E-state index < -0.39 is 61.2 Å². The Balaban J connectivity index is 1.62. The summed E-state index contributed by atoms with van der Waals surface area (Å²) in [6, 6.07) is 5.64. The number of nitrogens with zero attached hydrogens (tertiary/aromatic N) is 5. The number of halogens is 2. The number of piperazine rings is 1. The lowest BCUT2D eigenvalue weighted by Gasteiger charge is -2.49. The first-order valence-corrected chi connectivity index (χ1v) is 24.3. The normalized spacial score (nSPS) is 19.6. The molecule has 0 N–H and O–H groups in total. The SMILES string of the molecule is [2H]C([2H])([2H])OC[C@]12CC[C@H](CN(c3nc([S+](C)[O-])nc4c(F)c(-c5cc(OCOC)cc6ccc(F)c(C#C[Si](C(C)C)(C(C)C)C(C)C)c56)nc(OC)c34)C1)N2C(=O)OC(C)(C)C. The number of hydrogen-bond donors (Lipinski definition) is 0. The third-order valence-electron chi connectivity index (χ3n) is 12.0. The van der Waals surface area contributed by atoms with Gasteiger partial charge in [0.1, 0.15) is 48.1 Å². The number of rotatable bonds is 12. The summed E-state index contributed by atoms with van der Waals surface area (Å²) in [5.74, 6) is 2.03. The molecule has 16 heteroatoms. The smallest absolute Gasteiger partial charge is 0.411 e. The van der Waals surface area contributed by atoms with Crippen LogP contribution in [0.1, 0.15) is 84.8 Å². The topological polar surface area (TPSA) is 131 Å². The van der Waals surface area contributed by atoms with Crippen LogP contribution in [0, 0.1) is 23.1 Å². The first-order valence-electron chi connectivity index (χ1n) is 22.0. The Morgan fingerprint density at radius 3 is 2.38 bits per heavy atom. The van der Waals surface area contributed by atoms with Crippen LogP contribution in [0.4, 0.5) is 19.4 Å². The molecule has 2 aromatic carbocycles. The highest BCUT2D eigenvalue weighted by atomic mass is 32.2. The van der Waals surface area contributed by atoms with Crippen molar-refractivity contribution in [1.29, 1.82) is 0 Å². The van der Waals surface area contributed by atoms with E-state index in [1.807, 2.05) is 0 Å². The van der Waals surface area contributed by atoms with Crippen molar-refractivity contribution in [1.82, 2.24) is 19.9 Å². The summed E-state index contributed by atoms with van der Waals surface area (Å²) >= 11 is -1.84. The van der Waals surface area contributed by atoms with E-state index in [0.717, 1.165) is 0 Å². The van der Waals surface area contributed by atoms with Crippen molar-refractivity contribution in [2.75, 3.05) is 58.9 Å². The Bertz CT molecular complexity index is 2460. The Morgan fingerprint density at radius 2 is 1.77 bits per heavy atom. The van der Waals surface area contributed by atoms with Gasteiger partial charge in [0.05, 0.1) is 35.0 Å². The second-order valence-corrected chi connectivity index (χ2v) is 24.8. The summed E-state index contributed by atoms with van der Waals surface area (Å²) < 4.78 is 99.2. The monoisotopic (exact) mass is 882 g/mol. The van der Waals surface area contributed by atoms with E-state index in [-0.39, 0.29) is 93.4 Å². The lowest BCUT2D eigenvalue weighted by atomic mass is 9.95. The molecule has 0 spiro atoms. The highest BCUT2D eigenvalue weighted by molar-refractivity contribution is 7.90. The Hall–Kier alpha value is -4.27. The van der Waals surface area contributed by atoms with Crippen molar-refractivity contribution in [3.8, 4) is 34.4 Å². The molecule has 4 aromatic rings. The molecule has 1 unspecified atom stereocenters. The molecule has 2 aliphatic rings. The fourth-order valence-electron chi connectivity index (χ4n) is 9.53. The minimum atomic E-state index is -2.78. The molecule has 0 saturated carbocycles. The van der Waals surface area contributed by atoms with E-state index in [1.165, 1.54) is 26.5 Å². The summed E-state index contributed by atoms with van der Waals surface area (Å²) in [5, 5.41) is 0.636. The van der Waals surface area contributed by atoms with E-state index in [2.05, 4.69) is 58.0 Å². The Labute approximate surface area is 366 Å². The molecular formula is C45H59F2N5O7SSi. The van der Waals surface area contributed by atoms with Crippen molar-refractivity contribution in [3.63, 3.8) is 0 Å². The van der Waals surface area contributed by atoms with Crippen LogP contribution < -0.4 is 14.4 Å². The van der Waals surface area contributed by atoms with Crippen LogP contribution in [-0.4, -0.2) is 110 Å². The molecule has 2 aliphatic heterocycles. The van der Waals surface area contributed by atoms with E-state index in [1.54, 1.807) is 48.8 Å². The van der Waals surface area contributed by atoms with Gasteiger partial charge >= 0.3 is 11.2 Å². The summed E-state index contributed by atoms with van der Waals surface area (Å²) in [5.41, 5.74) is 1.98. The molecule has 2 bridgehead atoms. The van der Waals surface area contributed by atoms with E-state index in [0.29, 0.717) is 23.6 Å². The van der Waals surface area contributed by atoms with Crippen molar-refractivity contribution in [2.45, 2.75) is 114 Å². The van der Waals surface area contributed by atoms with Crippen LogP contribution in [0.5, 0.6) is 11.6 Å². The maximum Gasteiger partial charge on any atom is 0.411 e. The standard InChI is InChI=1S/C45H59F2N5O7SSi/c1-26(2)61(27(3)4,28(5)6)19-17-32-34(46)15-14-29-20-31(58-25-56-11)21-33(35(29)32)38-37(47)39-36(41(48-38)57-12)40(50-42(49-39)60(13)54)51-22-30-16-18-45(23-51,24-55-10)52(30)43(53)59-44(7,8)9/h14-15,20-21,26-28,30H,16,18,22-25H2,1-13H3/t30-,45+,60?/m1/s1/i10D3. The Morgan fingerprint density at radius 1 is 1.07 bits per heavy atom. The van der Waals surface area contributed by atoms with Crippen molar-refractivity contribution in [3.05, 3.63) is 41.5 Å². The number of anilines is 1. The predicted molar refractivity (Wildman–Crippen MR) is 237 cm³/mol. The largest absolute Gasteiger partial charge is 0.609 e. The van der Waals surface area contributed by atoms with E-state index in [4.69, 9.17) is 37.8 Å². The number of carbonyl (C=O) groups excluding carboxylic acids is 1. The van der Waals surface area contributed by atoms with Gasteiger partial charge in [0, 0.05) is 49.4 Å². The van der Waals surface area contributed by atoms with Gasteiger partial charge in [-0.05, 0) is 73.8 Å². The molecular weight excluding hydrogens is 821 g/mol. The zero-order valence-electron chi connectivity index (χ0n) is 40.1. The van der Waals surface area contributed by atoms with Crippen LogP contribution >= 0.6 is 0 Å². The summed E-state index contributed by atoms with van der Waals surface area (Å²) in [6.45, 7) is 17.8. The second kappa shape index (κ2) is 17.8. The van der Waals surface area contributed by atoms with Crippen molar-refractivity contribution >= 4 is 52.8 Å². The van der Waals surface area contributed by atoms with Gasteiger partial charge < -0.3 is 33.1 Å². The van der Waals surface area contributed by atoms with Crippen molar-refractivity contribution in [2.24, 2.45) is 0 Å². The number of methoxy groups -OCH3 is 3. The molecule has 3 atom stereocenters. The summed E-state index contributed by atoms with van der Waals surface area (Å²) in [6.07, 6.45) is 1.56. The highest BCUT2D eigenvalue weighted by Crippen LogP contribution is 2.46. The average molecular weight is 883 g/mol. The minimum Gasteiger partial charge on any atom is -0.609 e. The third kappa shape index (κ3) is 8.60. The highest BCUT2D eigenvalue weighted by Gasteiger charge is 2.55. The van der Waals surface area contributed by atoms with E-state index in [9.17, 15) is 9.35 Å². The van der Waals surface area contributed by atoms with Gasteiger partial charge in [0.15, 0.2) is 18.4 Å². The first kappa shape index (κ1) is 42.0. The zero-order chi connectivity index (χ0) is 47.3. The Kier molecular flexibility index (Phi) is 12.3. The molecule has 330 valence electrons. The number of benzene rings is 2. The molecule has 12 nitrogen and oxygen atoms in total. The lowest BCUT2D eigenvalue weighted by molar-refractivity contribution is -0.0261. The van der Waals surface area contributed by atoms with E-state index >= 15 is 8.78 Å². The fraction of sp³-hybridized carbons (Fsp3) is 0.556. The number of pyridine rings is 1. The second-order valence-electron chi connectivity index (χ2n) is 17.9. The molecule has 4 heterocycles. The molecule has 2 aromatic heterocycles. The van der Waals surface area contributed by atoms with Gasteiger partial charge in [-0.15, -0.1) is 5.54 Å². The lowest BCUT2D eigenvalue weighted by Crippen LogP contribution is -2.66. The molecule has 0 aliphatic carbocycles. The minimum absolute atomic E-state index is 0.0218. The zero-order valence-corrected chi connectivity index (χ0v) is 38.9. The van der Waals surface area contributed by atoms with Gasteiger partial charge in [-0.2, -0.15) is 9.97 Å².